The lowest BCUT2D eigenvalue weighted by molar-refractivity contribution is 0.282. The number of hydrogen-bond acceptors (Lipinski definition) is 6. The third kappa shape index (κ3) is 114. The van der Waals surface area contributed by atoms with Crippen LogP contribution in [0.5, 0.6) is 0 Å². The van der Waals surface area contributed by atoms with Gasteiger partial charge in [0.25, 0.3) is 0 Å². The van der Waals surface area contributed by atoms with Crippen molar-refractivity contribution in [3.8, 4) is 0 Å². The highest BCUT2D eigenvalue weighted by atomic mass is 16.3. The van der Waals surface area contributed by atoms with Crippen LogP contribution in [0.3, 0.4) is 0 Å². The van der Waals surface area contributed by atoms with Crippen molar-refractivity contribution in [1.29, 1.82) is 0 Å². The maximum absolute atomic E-state index is 8.64. The quantitative estimate of drug-likeness (QED) is 0.0338. The number of hydrogen-bond donors (Lipinski definition) is 6. The molecule has 0 saturated heterocycles. The highest BCUT2D eigenvalue weighted by Gasteiger charge is 1.96. The Morgan fingerprint density at radius 3 is 0.264 bits per heavy atom. The van der Waals surface area contributed by atoms with Gasteiger partial charge in [0.05, 0.1) is 0 Å². The Morgan fingerprint density at radius 1 is 0.111 bits per heavy atom. The second-order valence-electron chi connectivity index (χ2n) is 21.3. The topological polar surface area (TPSA) is 121 Å². The largest absolute Gasteiger partial charge is 0.396 e. The van der Waals surface area contributed by atoms with Gasteiger partial charge in [-0.15, -0.1) is 0 Å². The molecule has 0 bridgehead atoms. The molecule has 0 atom stereocenters. The summed E-state index contributed by atoms with van der Waals surface area (Å²) < 4.78 is 0. The molecule has 0 radical (unpaired) electrons. The van der Waals surface area contributed by atoms with Crippen molar-refractivity contribution in [2.75, 3.05) is 39.6 Å². The molecule has 0 saturated carbocycles. The minimum atomic E-state index is 0.361. The van der Waals surface area contributed by atoms with Gasteiger partial charge in [-0.3, -0.25) is 0 Å². The molecule has 0 aromatic carbocycles. The van der Waals surface area contributed by atoms with Gasteiger partial charge in [0.1, 0.15) is 0 Å². The van der Waals surface area contributed by atoms with Crippen LogP contribution in [0.15, 0.2) is 0 Å². The van der Waals surface area contributed by atoms with Gasteiger partial charge in [-0.2, -0.15) is 0 Å². The van der Waals surface area contributed by atoms with E-state index in [4.69, 9.17) is 30.6 Å². The number of aliphatic hydroxyl groups excluding tert-OH is 6. The Morgan fingerprint density at radius 2 is 0.181 bits per heavy atom. The van der Waals surface area contributed by atoms with E-state index >= 15 is 0 Å². The summed E-state index contributed by atoms with van der Waals surface area (Å²) in [5.74, 6) is 0. The maximum atomic E-state index is 8.64. The lowest BCUT2D eigenvalue weighted by Crippen LogP contribution is -1.84. The van der Waals surface area contributed by atoms with Gasteiger partial charge in [0.2, 0.25) is 0 Å². The van der Waals surface area contributed by atoms with Crippen LogP contribution in [0.1, 0.15) is 388 Å². The van der Waals surface area contributed by atoms with Crippen molar-refractivity contribution in [3.05, 3.63) is 0 Å². The Bertz CT molecular complexity index is 685. The molecule has 6 N–H and O–H groups in total. The zero-order valence-electron chi connectivity index (χ0n) is 51.1. The van der Waals surface area contributed by atoms with E-state index in [1.807, 2.05) is 0 Å². The van der Waals surface area contributed by atoms with Crippen LogP contribution < -0.4 is 0 Å². The standard InChI is InChI=1S/C16H34O.C14H30O.C12H26O.C10H22O.C8H18O.C6H14O/c1-2-3-4-5-6-7-8-9-10-11-12-13-14-15-16-17;1-2-3-4-5-6-7-8-9-10-11-12-13-14-15;1-2-3-4-5-6-7-8-9-10-11-12-13;1-2-3-4-5-6-7-8-9-10-11;1-2-3-4-5-6-7-8-9;1-2-3-4-5-6-7/h17H,2-16H2,1H3;15H,2-14H2,1H3;13H,2-12H2,1H3;11H,2-10H2,1H3;9H,2-8H2,1H3;7H,2-6H2,1H3. The average Bonchev–Trinajstić information content (AvgIpc) is 3.40. The molecule has 0 spiro atoms. The van der Waals surface area contributed by atoms with E-state index in [1.165, 1.54) is 308 Å². The molecule has 0 amide bonds. The summed E-state index contributed by atoms with van der Waals surface area (Å²) >= 11 is 0. The van der Waals surface area contributed by atoms with Gasteiger partial charge >= 0.3 is 0 Å². The van der Waals surface area contributed by atoms with Crippen molar-refractivity contribution in [1.82, 2.24) is 0 Å². The number of rotatable bonds is 54. The van der Waals surface area contributed by atoms with E-state index in [-0.39, 0.29) is 0 Å². The molecule has 0 aliphatic rings. The normalized spacial score (nSPS) is 10.5. The van der Waals surface area contributed by atoms with E-state index in [9.17, 15) is 0 Å². The lowest BCUT2D eigenvalue weighted by Gasteiger charge is -2.02. The van der Waals surface area contributed by atoms with E-state index in [0.29, 0.717) is 39.6 Å². The lowest BCUT2D eigenvalue weighted by atomic mass is 10.0. The van der Waals surface area contributed by atoms with Crippen molar-refractivity contribution in [2.24, 2.45) is 0 Å². The van der Waals surface area contributed by atoms with Crippen molar-refractivity contribution >= 4 is 0 Å². The molecule has 444 valence electrons. The fraction of sp³-hybridized carbons (Fsp3) is 1.00. The van der Waals surface area contributed by atoms with Crippen LogP contribution in [0.25, 0.3) is 0 Å². The van der Waals surface area contributed by atoms with E-state index in [1.54, 1.807) is 0 Å². The summed E-state index contributed by atoms with van der Waals surface area (Å²) in [6.07, 6.45) is 71.3. The molecule has 0 aliphatic carbocycles. The van der Waals surface area contributed by atoms with E-state index in [0.717, 1.165) is 38.5 Å². The highest BCUT2D eigenvalue weighted by Crippen LogP contribution is 2.15. The summed E-state index contributed by atoms with van der Waals surface area (Å²) in [6.45, 7) is 15.6. The van der Waals surface area contributed by atoms with Gasteiger partial charge in [-0.25, -0.2) is 0 Å². The van der Waals surface area contributed by atoms with Crippen LogP contribution in [0.2, 0.25) is 0 Å². The molecule has 0 unspecified atom stereocenters. The van der Waals surface area contributed by atoms with E-state index < -0.39 is 0 Å². The van der Waals surface area contributed by atoms with Crippen LogP contribution in [0.4, 0.5) is 0 Å². The summed E-state index contributed by atoms with van der Waals surface area (Å²) in [7, 11) is 0. The predicted octanol–water partition coefficient (Wildman–Crippen LogP) is 21.1. The first kappa shape index (κ1) is 83.1. The molecule has 6 heteroatoms. The first-order chi connectivity index (χ1) is 35.5. The Hall–Kier alpha value is -0.240. The average molecular weight is 1030 g/mol. The zero-order chi connectivity index (χ0) is 54.4. The first-order valence-corrected chi connectivity index (χ1v) is 33.1. The monoisotopic (exact) mass is 1030 g/mol. The Kier molecular flexibility index (Phi) is 111. The molecule has 0 rings (SSSR count). The molecule has 0 fully saturated rings. The molecule has 0 aliphatic heterocycles. The summed E-state index contributed by atoms with van der Waals surface area (Å²) in [4.78, 5) is 0. The minimum absolute atomic E-state index is 0.361. The first-order valence-electron chi connectivity index (χ1n) is 33.1. The summed E-state index contributed by atoms with van der Waals surface area (Å²) in [5, 5.41) is 51.0. The number of aliphatic hydroxyl groups is 6. The number of unbranched alkanes of at least 4 members (excludes halogenated alkanes) is 48. The second kappa shape index (κ2) is 96.4. The van der Waals surface area contributed by atoms with Gasteiger partial charge in [0.15, 0.2) is 0 Å². The van der Waals surface area contributed by atoms with Crippen molar-refractivity contribution in [2.45, 2.75) is 388 Å². The molecule has 0 aromatic heterocycles. The molecule has 0 heterocycles. The second-order valence-corrected chi connectivity index (χ2v) is 21.3. The fourth-order valence-corrected chi connectivity index (χ4v) is 8.53. The van der Waals surface area contributed by atoms with Crippen LogP contribution in [-0.2, 0) is 0 Å². The third-order valence-electron chi connectivity index (χ3n) is 13.6. The smallest absolute Gasteiger partial charge is 0.0431 e. The molecular formula is C66H144O6. The van der Waals surface area contributed by atoms with Crippen LogP contribution in [-0.4, -0.2) is 70.3 Å². The zero-order valence-corrected chi connectivity index (χ0v) is 51.1. The molecule has 6 nitrogen and oxygen atoms in total. The van der Waals surface area contributed by atoms with E-state index in [2.05, 4.69) is 41.5 Å². The fourth-order valence-electron chi connectivity index (χ4n) is 8.53. The highest BCUT2D eigenvalue weighted by molar-refractivity contribution is 4.51. The molecule has 0 aromatic rings. The van der Waals surface area contributed by atoms with Gasteiger partial charge in [-0.05, 0) is 38.5 Å². The van der Waals surface area contributed by atoms with Gasteiger partial charge in [0, 0.05) is 39.6 Å². The Balaban J connectivity index is -0.000000185. The molecular weight excluding hydrogens is 889 g/mol. The minimum Gasteiger partial charge on any atom is -0.396 e. The van der Waals surface area contributed by atoms with Crippen molar-refractivity contribution in [3.63, 3.8) is 0 Å². The SMILES string of the molecule is CCCCCCCCCCCCCCCCO.CCCCCCCCCCCCCCO.CCCCCCCCCCCCO.CCCCCCCCCCO.CCCCCCCCO.CCCCCCO. The van der Waals surface area contributed by atoms with Crippen molar-refractivity contribution < 1.29 is 30.6 Å². The predicted molar refractivity (Wildman–Crippen MR) is 326 cm³/mol. The maximum Gasteiger partial charge on any atom is 0.0431 e. The summed E-state index contributed by atoms with van der Waals surface area (Å²) in [5.41, 5.74) is 0. The van der Waals surface area contributed by atoms with Gasteiger partial charge in [-0.1, -0.05) is 350 Å². The van der Waals surface area contributed by atoms with Crippen LogP contribution >= 0.6 is 0 Å². The third-order valence-corrected chi connectivity index (χ3v) is 13.6. The van der Waals surface area contributed by atoms with Crippen LogP contribution in [0, 0.1) is 0 Å². The van der Waals surface area contributed by atoms with Gasteiger partial charge < -0.3 is 30.6 Å². The molecule has 72 heavy (non-hydrogen) atoms. The summed E-state index contributed by atoms with van der Waals surface area (Å²) in [6, 6.07) is 0. The Labute approximate surface area is 456 Å².